The van der Waals surface area contributed by atoms with Gasteiger partial charge in [-0.3, -0.25) is 38.8 Å². The van der Waals surface area contributed by atoms with Crippen LogP contribution in [-0.2, 0) is 71.8 Å². The van der Waals surface area contributed by atoms with Crippen molar-refractivity contribution in [2.45, 2.75) is 115 Å². The number of Topliss-reactive ketones (excluding diaryl/α,β-unsaturated/α-hetero) is 1. The Morgan fingerprint density at radius 3 is 1.48 bits per heavy atom. The molecule has 3 aliphatic rings. The minimum Gasteiger partial charge on any atom is -0.361 e. The number of carbonyl (C=O) groups excluding carboxylic acids is 4. The standard InChI is InChI=1S/C36H29F2N3O.C33H26F6N4O.C32H27F2N3O2/c1-23-16-24(18-28(38)17-23)19-34(41-35(42)20-26-22-40-33-14-13-27(37)21-32(26)33)36-31(12-7-15-39-36)30-11-6-5-10-29(30)25-8-3-2-4-9-25;1-16-7-18-4-5-19(12-20(18)8-16)23-3-2-6-40-29(23)26(11-17-9-21(34)13-22(35)10-17)41-27(44)15-43-31-28(30(42-43)32(36)37)24-14-25(24)33(31,38)39;1-19-11-21(13-26(34)12-19)14-30(37-31(39)16-24-18-36-29-9-8-25(33)17-28(24)29)32-27(7-4-10-35-32)23-6-3-5-22(15-23)20(2)38/h2-18,21-22,34,40H,19-20H2,1H3,(H,41,42);2-6,9-10,12-13,24-26,32H,1,7-8,11,14-15H2,(H,41,44);3-13,15,17-18,30,36H,14,16H2,1-2H3,(H,37,39)/t34-;24?,25?,26-;30-/m000/s1. The summed E-state index contributed by atoms with van der Waals surface area (Å²) in [5.74, 6) is -9.57. The number of fused-ring (bicyclic) bond motifs is 6. The van der Waals surface area contributed by atoms with E-state index >= 15 is 8.78 Å². The van der Waals surface area contributed by atoms with E-state index in [1.165, 1.54) is 61.7 Å². The van der Waals surface area contributed by atoms with E-state index in [1.807, 2.05) is 105 Å². The molecule has 6 heterocycles. The van der Waals surface area contributed by atoms with Crippen LogP contribution < -0.4 is 16.0 Å². The first-order chi connectivity index (χ1) is 60.2. The van der Waals surface area contributed by atoms with E-state index in [1.54, 1.807) is 67.3 Å². The van der Waals surface area contributed by atoms with Gasteiger partial charge in [-0.05, 0) is 240 Å². The number of aryl methyl sites for hydroxylation is 2. The van der Waals surface area contributed by atoms with Gasteiger partial charge in [-0.25, -0.2) is 35.1 Å². The second-order valence-corrected chi connectivity index (χ2v) is 32.0. The Bertz CT molecular complexity index is 6600. The molecule has 1 saturated carbocycles. The average molecular weight is 1690 g/mol. The van der Waals surface area contributed by atoms with Crippen LogP contribution in [0.2, 0.25) is 0 Å². The summed E-state index contributed by atoms with van der Waals surface area (Å²) in [4.78, 5) is 72.5. The van der Waals surface area contributed by atoms with Gasteiger partial charge in [0.15, 0.2) is 5.78 Å². The molecule has 14 nitrogen and oxygen atoms in total. The molecule has 5 N–H and O–H groups in total. The fraction of sp³-hybridized carbons (Fsp3) is 0.188. The number of ketones is 1. The number of H-pyrrole nitrogens is 2. The summed E-state index contributed by atoms with van der Waals surface area (Å²) in [6.45, 7) is 8.50. The number of hydrogen-bond donors (Lipinski definition) is 5. The van der Waals surface area contributed by atoms with Gasteiger partial charge in [0.1, 0.15) is 52.8 Å². The van der Waals surface area contributed by atoms with Crippen molar-refractivity contribution in [2.24, 2.45) is 5.92 Å². The number of aromatic nitrogens is 7. The van der Waals surface area contributed by atoms with Gasteiger partial charge in [-0.2, -0.15) is 13.9 Å². The molecular formula is C101H82F10N10O4. The van der Waals surface area contributed by atoms with Crippen LogP contribution >= 0.6 is 0 Å². The van der Waals surface area contributed by atoms with Crippen LogP contribution in [-0.4, -0.2) is 58.2 Å². The number of alkyl halides is 4. The molecule has 630 valence electrons. The summed E-state index contributed by atoms with van der Waals surface area (Å²) in [5, 5.41) is 14.1. The molecule has 0 spiro atoms. The van der Waals surface area contributed by atoms with Gasteiger partial charge in [0, 0.05) is 92.6 Å². The Hall–Kier alpha value is -14.2. The van der Waals surface area contributed by atoms with E-state index in [2.05, 4.69) is 71.8 Å². The molecule has 6 aromatic heterocycles. The number of amides is 3. The van der Waals surface area contributed by atoms with E-state index < -0.39 is 77.8 Å². The molecule has 0 bridgehead atoms. The lowest BCUT2D eigenvalue weighted by atomic mass is 9.90. The highest BCUT2D eigenvalue weighted by Gasteiger charge is 2.67. The average Bonchev–Trinajstić information content (AvgIpc) is 1.52. The number of hydrogen-bond acceptors (Lipinski definition) is 8. The fourth-order valence-electron chi connectivity index (χ4n) is 17.4. The lowest BCUT2D eigenvalue weighted by Crippen LogP contribution is -2.35. The highest BCUT2D eigenvalue weighted by molar-refractivity contribution is 5.96. The summed E-state index contributed by atoms with van der Waals surface area (Å²) in [6, 6.07) is 61.9. The quantitative estimate of drug-likeness (QED) is 0.0224. The third-order valence-electron chi connectivity index (χ3n) is 22.9. The molecule has 5 atom stereocenters. The van der Waals surface area contributed by atoms with Crippen LogP contribution in [0.3, 0.4) is 0 Å². The van der Waals surface area contributed by atoms with Crippen LogP contribution in [0.25, 0.3) is 66.3 Å². The Kier molecular flexibility index (Phi) is 24.4. The Morgan fingerprint density at radius 1 is 0.472 bits per heavy atom. The zero-order chi connectivity index (χ0) is 87.5. The number of benzene rings is 9. The second-order valence-electron chi connectivity index (χ2n) is 32.0. The maximum absolute atomic E-state index is 15.1. The summed E-state index contributed by atoms with van der Waals surface area (Å²) in [7, 11) is 0. The van der Waals surface area contributed by atoms with Gasteiger partial charge in [0.05, 0.1) is 48.0 Å². The summed E-state index contributed by atoms with van der Waals surface area (Å²) in [6.07, 6.45) is 7.45. The third-order valence-corrected chi connectivity index (χ3v) is 22.9. The van der Waals surface area contributed by atoms with E-state index in [9.17, 15) is 54.3 Å². The predicted octanol–water partition coefficient (Wildman–Crippen LogP) is 21.9. The molecule has 2 unspecified atom stereocenters. The van der Waals surface area contributed by atoms with Crippen LogP contribution in [0.5, 0.6) is 0 Å². The van der Waals surface area contributed by atoms with Crippen molar-refractivity contribution in [1.82, 2.24) is 50.7 Å². The first-order valence-electron chi connectivity index (χ1n) is 40.7. The van der Waals surface area contributed by atoms with Gasteiger partial charge in [0.25, 0.3) is 12.3 Å². The lowest BCUT2D eigenvalue weighted by Gasteiger charge is -2.23. The fourth-order valence-corrected chi connectivity index (χ4v) is 17.4. The molecule has 125 heavy (non-hydrogen) atoms. The van der Waals surface area contributed by atoms with Crippen molar-refractivity contribution in [2.75, 3.05) is 0 Å². The number of nitrogens with zero attached hydrogens (tertiary/aromatic N) is 5. The Morgan fingerprint density at radius 2 is 0.944 bits per heavy atom. The number of carbonyl (C=O) groups is 4. The van der Waals surface area contributed by atoms with E-state index in [0.29, 0.717) is 73.2 Å². The molecule has 24 heteroatoms. The summed E-state index contributed by atoms with van der Waals surface area (Å²) >= 11 is 0. The van der Waals surface area contributed by atoms with E-state index in [-0.39, 0.29) is 77.7 Å². The third kappa shape index (κ3) is 19.1. The van der Waals surface area contributed by atoms with Crippen LogP contribution in [0, 0.1) is 54.7 Å². The topological polar surface area (TPSA) is 192 Å². The molecule has 0 aliphatic heterocycles. The normalized spacial score (nSPS) is 14.7. The maximum Gasteiger partial charge on any atom is 0.293 e. The molecule has 0 saturated heterocycles. The number of nitrogens with one attached hydrogen (secondary N) is 5. The van der Waals surface area contributed by atoms with Crippen molar-refractivity contribution in [3.05, 3.63) is 392 Å². The lowest BCUT2D eigenvalue weighted by molar-refractivity contribution is -0.123. The molecule has 9 aromatic carbocycles. The van der Waals surface area contributed by atoms with Gasteiger partial charge in [-0.1, -0.05) is 133 Å². The van der Waals surface area contributed by atoms with Crippen molar-refractivity contribution >= 4 is 45.3 Å². The number of rotatable bonds is 24. The first-order valence-corrected chi connectivity index (χ1v) is 40.7. The van der Waals surface area contributed by atoms with E-state index in [0.717, 1.165) is 114 Å². The van der Waals surface area contributed by atoms with Gasteiger partial charge in [0.2, 0.25) is 17.7 Å². The highest BCUT2D eigenvalue weighted by Crippen LogP contribution is 2.68. The molecule has 3 amide bonds. The zero-order valence-corrected chi connectivity index (χ0v) is 67.9. The number of pyridine rings is 3. The van der Waals surface area contributed by atoms with Crippen LogP contribution in [0.4, 0.5) is 43.9 Å². The SMILES string of the molecule is C=C1Cc2ccc(-c3cccnc3[C@H](Cc3cc(F)cc(F)c3)NC(=O)Cn3nc(C(F)F)c4c3C(F)(F)C3CC43)cc2C1.CC(=O)c1cccc(-c2cccnc2[C@H](Cc2cc(C)cc(F)c2)NC(=O)Cc2c[nH]c3ccc(F)cc23)c1.Cc1cc(F)cc(C[C@H](NC(=O)Cc2c[nH]c3ccc(F)cc23)c2ncccc2-c2ccccc2-c2ccccc2)c1. The highest BCUT2D eigenvalue weighted by atomic mass is 19.3. The molecule has 15 aromatic rings. The molecule has 3 aliphatic carbocycles. The monoisotopic (exact) mass is 1690 g/mol. The van der Waals surface area contributed by atoms with Crippen molar-refractivity contribution in [1.29, 1.82) is 0 Å². The largest absolute Gasteiger partial charge is 0.361 e. The van der Waals surface area contributed by atoms with Gasteiger partial charge < -0.3 is 25.9 Å². The maximum atomic E-state index is 15.1. The Balaban J connectivity index is 0.000000139. The molecule has 0 radical (unpaired) electrons. The smallest absolute Gasteiger partial charge is 0.293 e. The van der Waals surface area contributed by atoms with Crippen LogP contribution in [0.15, 0.2) is 268 Å². The molecular weight excluding hydrogens is 1610 g/mol. The number of halogens is 10. The van der Waals surface area contributed by atoms with Crippen molar-refractivity contribution in [3.63, 3.8) is 0 Å². The van der Waals surface area contributed by atoms with Crippen LogP contribution in [0.1, 0.15) is 138 Å². The van der Waals surface area contributed by atoms with Crippen molar-refractivity contribution in [3.8, 4) is 44.5 Å². The zero-order valence-electron chi connectivity index (χ0n) is 67.9. The summed E-state index contributed by atoms with van der Waals surface area (Å²) < 4.78 is 143. The minimum atomic E-state index is -3.38. The van der Waals surface area contributed by atoms with Gasteiger partial charge in [-0.15, -0.1) is 0 Å². The second kappa shape index (κ2) is 36.1. The number of aromatic amines is 2. The minimum absolute atomic E-state index is 0.0180. The predicted molar refractivity (Wildman–Crippen MR) is 459 cm³/mol. The Labute approximate surface area is 713 Å². The summed E-state index contributed by atoms with van der Waals surface area (Å²) in [5.41, 5.74) is 17.1. The van der Waals surface area contributed by atoms with Gasteiger partial charge >= 0.3 is 0 Å². The van der Waals surface area contributed by atoms with E-state index in [4.69, 9.17) is 4.98 Å². The molecule has 1 fully saturated rings. The number of allylic oxidation sites excluding steroid dienone is 1. The molecule has 18 rings (SSSR count). The first kappa shape index (κ1) is 84.4. The van der Waals surface area contributed by atoms with Crippen molar-refractivity contribution < 1.29 is 63.1 Å².